The average Bonchev–Trinajstić information content (AvgIpc) is 2.30. The molecule has 3 atom stereocenters. The minimum atomic E-state index is -1.72. The molecule has 0 unspecified atom stereocenters. The van der Waals surface area contributed by atoms with E-state index in [1.54, 1.807) is 0 Å². The molecule has 23 heavy (non-hydrogen) atoms. The van der Waals surface area contributed by atoms with E-state index in [0.717, 1.165) is 19.3 Å². The third kappa shape index (κ3) is 5.75. The van der Waals surface area contributed by atoms with Crippen molar-refractivity contribution >= 4 is 14.3 Å². The Morgan fingerprint density at radius 2 is 1.83 bits per heavy atom. The minimum Gasteiger partial charge on any atom is -0.460 e. The van der Waals surface area contributed by atoms with Crippen LogP contribution in [0.2, 0.25) is 19.6 Å². The molecule has 1 saturated carbocycles. The van der Waals surface area contributed by atoms with E-state index in [0.29, 0.717) is 6.42 Å². The lowest BCUT2D eigenvalue weighted by Gasteiger charge is -2.52. The molecule has 1 aliphatic rings. The first kappa shape index (κ1) is 20.4. The molecule has 4 heteroatoms. The zero-order chi connectivity index (χ0) is 18.1. The summed E-state index contributed by atoms with van der Waals surface area (Å²) in [7, 11) is -1.72. The number of rotatable bonds is 5. The van der Waals surface area contributed by atoms with Gasteiger partial charge in [0.05, 0.1) is 12.0 Å². The number of hydrogen-bond donors (Lipinski definition) is 0. The Balaban J connectivity index is 3.08. The first-order valence-corrected chi connectivity index (χ1v) is 12.2. The van der Waals surface area contributed by atoms with Crippen LogP contribution in [0, 0.1) is 11.3 Å². The monoisotopic (exact) mass is 340 g/mol. The fraction of sp³-hybridized carbons (Fsp3) is 0.842. The van der Waals surface area contributed by atoms with Gasteiger partial charge < -0.3 is 9.16 Å². The van der Waals surface area contributed by atoms with Crippen molar-refractivity contribution < 1.29 is 14.0 Å². The molecule has 1 fully saturated rings. The second kappa shape index (κ2) is 6.71. The van der Waals surface area contributed by atoms with E-state index < -0.39 is 13.9 Å². The molecule has 1 rings (SSSR count). The maximum Gasteiger partial charge on any atom is 0.306 e. The van der Waals surface area contributed by atoms with Crippen LogP contribution < -0.4 is 0 Å². The molecule has 0 radical (unpaired) electrons. The fourth-order valence-electron chi connectivity index (χ4n) is 3.93. The Hall–Kier alpha value is -0.613. The van der Waals surface area contributed by atoms with Crippen LogP contribution in [0.25, 0.3) is 0 Å². The van der Waals surface area contributed by atoms with E-state index in [4.69, 9.17) is 9.16 Å². The van der Waals surface area contributed by atoms with Crippen molar-refractivity contribution in [1.82, 2.24) is 0 Å². The number of carbonyl (C=O) groups is 1. The second-order valence-electron chi connectivity index (χ2n) is 9.43. The highest BCUT2D eigenvalue weighted by Gasteiger charge is 2.50. The van der Waals surface area contributed by atoms with Gasteiger partial charge >= 0.3 is 5.97 Å². The largest absolute Gasteiger partial charge is 0.460 e. The van der Waals surface area contributed by atoms with E-state index in [-0.39, 0.29) is 22.9 Å². The van der Waals surface area contributed by atoms with Crippen LogP contribution in [0.15, 0.2) is 12.7 Å². The van der Waals surface area contributed by atoms with Gasteiger partial charge in [-0.05, 0) is 72.0 Å². The van der Waals surface area contributed by atoms with Crippen molar-refractivity contribution in [2.24, 2.45) is 11.3 Å². The highest BCUT2D eigenvalue weighted by molar-refractivity contribution is 6.69. The Morgan fingerprint density at radius 1 is 1.26 bits per heavy atom. The molecular formula is C19H36O3Si. The van der Waals surface area contributed by atoms with Gasteiger partial charge in [0.1, 0.15) is 5.60 Å². The lowest BCUT2D eigenvalue weighted by atomic mass is 9.60. The molecule has 0 heterocycles. The Bertz CT molecular complexity index is 447. The summed E-state index contributed by atoms with van der Waals surface area (Å²) < 4.78 is 12.2. The molecule has 0 bridgehead atoms. The third-order valence-electron chi connectivity index (χ3n) is 4.72. The highest BCUT2D eigenvalue weighted by atomic mass is 28.4. The maximum absolute atomic E-state index is 12.5. The molecule has 0 aliphatic heterocycles. The summed E-state index contributed by atoms with van der Waals surface area (Å²) >= 11 is 0. The van der Waals surface area contributed by atoms with Crippen molar-refractivity contribution in [2.45, 2.75) is 91.1 Å². The summed E-state index contributed by atoms with van der Waals surface area (Å²) in [6.07, 6.45) is 5.56. The molecule has 3 nitrogen and oxygen atoms in total. The molecule has 0 aromatic rings. The summed E-state index contributed by atoms with van der Waals surface area (Å²) in [5.41, 5.74) is -0.835. The SMILES string of the molecule is C=C[C@@]1(C)CCC[C@](C)(O[Si](C)(C)C)[C@H]1CC(=O)OC(C)(C)C. The standard InChI is InChI=1S/C19H36O3Si/c1-10-18(5)12-11-13-19(6,22-23(7,8)9)15(18)14-16(20)21-17(2,3)4/h10,15H,1,11-14H2,2-9H3/t15-,18-,19-/m0/s1. The lowest BCUT2D eigenvalue weighted by Crippen LogP contribution is -2.54. The molecule has 134 valence electrons. The summed E-state index contributed by atoms with van der Waals surface area (Å²) in [5.74, 6) is -0.0364. The van der Waals surface area contributed by atoms with Gasteiger partial charge in [0, 0.05) is 5.92 Å². The van der Waals surface area contributed by atoms with Crippen molar-refractivity contribution in [1.29, 1.82) is 0 Å². The first-order chi connectivity index (χ1) is 10.2. The molecule has 0 saturated heterocycles. The van der Waals surface area contributed by atoms with Crippen LogP contribution in [0.3, 0.4) is 0 Å². The Labute approximate surface area is 144 Å². The van der Waals surface area contributed by atoms with Crippen molar-refractivity contribution in [3.8, 4) is 0 Å². The third-order valence-corrected chi connectivity index (χ3v) is 5.80. The van der Waals surface area contributed by atoms with E-state index in [9.17, 15) is 4.79 Å². The molecule has 0 spiro atoms. The topological polar surface area (TPSA) is 35.5 Å². The summed E-state index contributed by atoms with van der Waals surface area (Å²) in [6.45, 7) is 20.8. The lowest BCUT2D eigenvalue weighted by molar-refractivity contribution is -0.162. The van der Waals surface area contributed by atoms with E-state index in [2.05, 4.69) is 40.1 Å². The van der Waals surface area contributed by atoms with Gasteiger partial charge in [-0.25, -0.2) is 0 Å². The summed E-state index contributed by atoms with van der Waals surface area (Å²) in [5, 5.41) is 0. The second-order valence-corrected chi connectivity index (χ2v) is 13.9. The fourth-order valence-corrected chi connectivity index (χ4v) is 5.57. The molecular weight excluding hydrogens is 304 g/mol. The predicted molar refractivity (Wildman–Crippen MR) is 98.9 cm³/mol. The quantitative estimate of drug-likeness (QED) is 0.386. The van der Waals surface area contributed by atoms with E-state index >= 15 is 0 Å². The van der Waals surface area contributed by atoms with Crippen LogP contribution in [-0.2, 0) is 14.0 Å². The highest BCUT2D eigenvalue weighted by Crippen LogP contribution is 2.51. The van der Waals surface area contributed by atoms with Gasteiger partial charge in [-0.15, -0.1) is 6.58 Å². The Kier molecular flexibility index (Phi) is 5.96. The van der Waals surface area contributed by atoms with Gasteiger partial charge in [0.25, 0.3) is 0 Å². The van der Waals surface area contributed by atoms with Gasteiger partial charge in [0.2, 0.25) is 0 Å². The number of hydrogen-bond acceptors (Lipinski definition) is 3. The van der Waals surface area contributed by atoms with E-state index in [1.807, 2.05) is 26.8 Å². The van der Waals surface area contributed by atoms with Crippen LogP contribution in [0.5, 0.6) is 0 Å². The number of allylic oxidation sites excluding steroid dienone is 1. The minimum absolute atomic E-state index is 0.0937. The number of carbonyl (C=O) groups excluding carboxylic acids is 1. The maximum atomic E-state index is 12.5. The number of esters is 1. The van der Waals surface area contributed by atoms with Crippen LogP contribution in [0.1, 0.15) is 60.3 Å². The first-order valence-electron chi connectivity index (χ1n) is 8.76. The van der Waals surface area contributed by atoms with Crippen molar-refractivity contribution in [3.63, 3.8) is 0 Å². The van der Waals surface area contributed by atoms with Crippen LogP contribution in [-0.4, -0.2) is 25.5 Å². The molecule has 0 aromatic carbocycles. The molecule has 0 amide bonds. The summed E-state index contributed by atoms with van der Waals surface area (Å²) in [4.78, 5) is 12.5. The number of ether oxygens (including phenoxy) is 1. The average molecular weight is 341 g/mol. The predicted octanol–water partition coefficient (Wildman–Crippen LogP) is 5.32. The Morgan fingerprint density at radius 3 is 2.26 bits per heavy atom. The van der Waals surface area contributed by atoms with E-state index in [1.165, 1.54) is 0 Å². The zero-order valence-electron chi connectivity index (χ0n) is 16.4. The summed E-state index contributed by atoms with van der Waals surface area (Å²) in [6, 6.07) is 0. The zero-order valence-corrected chi connectivity index (χ0v) is 17.4. The van der Waals surface area contributed by atoms with Gasteiger partial charge in [-0.3, -0.25) is 4.79 Å². The van der Waals surface area contributed by atoms with Crippen LogP contribution >= 0.6 is 0 Å². The molecule has 0 N–H and O–H groups in total. The molecule has 0 aromatic heterocycles. The van der Waals surface area contributed by atoms with Gasteiger partial charge in [-0.2, -0.15) is 0 Å². The smallest absolute Gasteiger partial charge is 0.306 e. The van der Waals surface area contributed by atoms with Crippen molar-refractivity contribution in [2.75, 3.05) is 0 Å². The molecule has 1 aliphatic carbocycles. The normalized spacial score (nSPS) is 32.4. The van der Waals surface area contributed by atoms with Crippen LogP contribution in [0.4, 0.5) is 0 Å². The van der Waals surface area contributed by atoms with Gasteiger partial charge in [0.15, 0.2) is 8.32 Å². The van der Waals surface area contributed by atoms with Crippen molar-refractivity contribution in [3.05, 3.63) is 12.7 Å². The van der Waals surface area contributed by atoms with Gasteiger partial charge in [-0.1, -0.05) is 13.0 Å².